The SMILES string of the molecule is O=C(N=NC1=C(O)C2CC(F)CCC2C1=O)Nc1ccccc1. The number of fused-ring (bicyclic) bond motifs is 1. The summed E-state index contributed by atoms with van der Waals surface area (Å²) in [5.41, 5.74) is 0.318. The first kappa shape index (κ1) is 15.3. The molecule has 0 saturated heterocycles. The van der Waals surface area contributed by atoms with E-state index in [0.29, 0.717) is 18.5 Å². The summed E-state index contributed by atoms with van der Waals surface area (Å²) in [6.45, 7) is 0. The molecule has 3 unspecified atom stereocenters. The zero-order valence-electron chi connectivity index (χ0n) is 12.3. The van der Waals surface area contributed by atoms with Crippen molar-refractivity contribution in [3.05, 3.63) is 41.8 Å². The summed E-state index contributed by atoms with van der Waals surface area (Å²) >= 11 is 0. The maximum Gasteiger partial charge on any atom is 0.364 e. The topological polar surface area (TPSA) is 91.1 Å². The van der Waals surface area contributed by atoms with Gasteiger partial charge in [0.25, 0.3) is 0 Å². The van der Waals surface area contributed by atoms with Crippen LogP contribution in [0.3, 0.4) is 0 Å². The fourth-order valence-electron chi connectivity index (χ4n) is 3.08. The van der Waals surface area contributed by atoms with Gasteiger partial charge in [0.05, 0.1) is 0 Å². The molecule has 1 aromatic carbocycles. The zero-order chi connectivity index (χ0) is 16.4. The predicted molar refractivity (Wildman–Crippen MR) is 80.7 cm³/mol. The molecule has 0 aromatic heterocycles. The van der Waals surface area contributed by atoms with Gasteiger partial charge in [-0.1, -0.05) is 23.3 Å². The minimum Gasteiger partial charge on any atom is -0.510 e. The molecule has 0 heterocycles. The van der Waals surface area contributed by atoms with Gasteiger partial charge in [-0.25, -0.2) is 9.18 Å². The van der Waals surface area contributed by atoms with Gasteiger partial charge >= 0.3 is 6.03 Å². The molecule has 0 radical (unpaired) electrons. The Morgan fingerprint density at radius 2 is 1.96 bits per heavy atom. The molecule has 1 fully saturated rings. The second-order valence-corrected chi connectivity index (χ2v) is 5.72. The quantitative estimate of drug-likeness (QED) is 0.813. The summed E-state index contributed by atoms with van der Waals surface area (Å²) in [7, 11) is 0. The lowest BCUT2D eigenvalue weighted by Crippen LogP contribution is -2.27. The number of allylic oxidation sites excluding steroid dienone is 2. The average molecular weight is 317 g/mol. The highest BCUT2D eigenvalue weighted by Gasteiger charge is 2.46. The van der Waals surface area contributed by atoms with E-state index in [4.69, 9.17) is 0 Å². The third kappa shape index (κ3) is 3.13. The summed E-state index contributed by atoms with van der Waals surface area (Å²) in [5, 5.41) is 19.6. The van der Waals surface area contributed by atoms with E-state index in [2.05, 4.69) is 15.5 Å². The maximum absolute atomic E-state index is 13.4. The van der Waals surface area contributed by atoms with Crippen molar-refractivity contribution in [1.29, 1.82) is 0 Å². The standard InChI is InChI=1S/C16H16FN3O3/c17-9-6-7-11-12(8-9)15(22)13(14(11)21)19-20-16(23)18-10-4-2-1-3-5-10/h1-5,9,11-12,22H,6-8H2,(H,18,23). The van der Waals surface area contributed by atoms with E-state index < -0.39 is 24.0 Å². The Hall–Kier alpha value is -2.57. The Morgan fingerprint density at radius 3 is 2.70 bits per heavy atom. The van der Waals surface area contributed by atoms with Crippen LogP contribution in [0.25, 0.3) is 0 Å². The first-order chi connectivity index (χ1) is 11.1. The van der Waals surface area contributed by atoms with Gasteiger partial charge in [0.1, 0.15) is 11.9 Å². The number of amides is 2. The zero-order valence-corrected chi connectivity index (χ0v) is 12.3. The molecular weight excluding hydrogens is 301 g/mol. The summed E-state index contributed by atoms with van der Waals surface area (Å²) in [6.07, 6.45) is -0.232. The van der Waals surface area contributed by atoms with E-state index in [-0.39, 0.29) is 23.7 Å². The highest BCUT2D eigenvalue weighted by Crippen LogP contribution is 2.43. The van der Waals surface area contributed by atoms with Crippen molar-refractivity contribution in [3.63, 3.8) is 0 Å². The summed E-state index contributed by atoms with van der Waals surface area (Å²) < 4.78 is 13.4. The molecule has 3 atom stereocenters. The number of hydrogen-bond donors (Lipinski definition) is 2. The lowest BCUT2D eigenvalue weighted by molar-refractivity contribution is -0.120. The molecule has 1 saturated carbocycles. The smallest absolute Gasteiger partial charge is 0.364 e. The molecule has 0 spiro atoms. The molecule has 120 valence electrons. The molecule has 1 aromatic rings. The Labute approximate surface area is 132 Å². The van der Waals surface area contributed by atoms with E-state index in [1.807, 2.05) is 0 Å². The molecule has 7 heteroatoms. The van der Waals surface area contributed by atoms with E-state index in [0.717, 1.165) is 0 Å². The summed E-state index contributed by atoms with van der Waals surface area (Å²) in [4.78, 5) is 23.9. The second-order valence-electron chi connectivity index (χ2n) is 5.72. The largest absolute Gasteiger partial charge is 0.510 e. The van der Waals surface area contributed by atoms with Crippen molar-refractivity contribution in [2.24, 2.45) is 22.1 Å². The molecule has 2 aliphatic carbocycles. The normalized spacial score (nSPS) is 27.3. The number of para-hydroxylation sites is 1. The Bertz CT molecular complexity index is 687. The highest BCUT2D eigenvalue weighted by atomic mass is 19.1. The van der Waals surface area contributed by atoms with E-state index >= 15 is 0 Å². The average Bonchev–Trinajstić information content (AvgIpc) is 2.77. The first-order valence-electron chi connectivity index (χ1n) is 7.45. The Balaban J connectivity index is 1.71. The molecule has 23 heavy (non-hydrogen) atoms. The second kappa shape index (κ2) is 6.28. The van der Waals surface area contributed by atoms with Gasteiger partial charge in [-0.3, -0.25) is 4.79 Å². The molecule has 0 bridgehead atoms. The number of hydrogen-bond acceptors (Lipinski definition) is 4. The molecular formula is C16H16FN3O3. The number of ketones is 1. The van der Waals surface area contributed by atoms with Gasteiger partial charge in [-0.2, -0.15) is 0 Å². The van der Waals surface area contributed by atoms with Gasteiger partial charge in [0.15, 0.2) is 11.5 Å². The van der Waals surface area contributed by atoms with Gasteiger partial charge in [-0.05, 0) is 31.4 Å². The number of benzene rings is 1. The van der Waals surface area contributed by atoms with Crippen LogP contribution >= 0.6 is 0 Å². The number of aliphatic hydroxyl groups excluding tert-OH is 1. The van der Waals surface area contributed by atoms with Crippen molar-refractivity contribution in [1.82, 2.24) is 0 Å². The van der Waals surface area contributed by atoms with Gasteiger partial charge in [0, 0.05) is 17.5 Å². The number of Topliss-reactive ketones (excluding diaryl/α,β-unsaturated/α-hetero) is 1. The molecule has 2 amide bonds. The van der Waals surface area contributed by atoms with Crippen LogP contribution in [-0.4, -0.2) is 23.1 Å². The van der Waals surface area contributed by atoms with Crippen LogP contribution < -0.4 is 5.32 Å². The highest BCUT2D eigenvalue weighted by molar-refractivity contribution is 6.00. The number of nitrogens with one attached hydrogen (secondary N) is 1. The van der Waals surface area contributed by atoms with Crippen LogP contribution in [0.2, 0.25) is 0 Å². The third-order valence-electron chi connectivity index (χ3n) is 4.22. The Morgan fingerprint density at radius 1 is 1.22 bits per heavy atom. The number of alkyl halides is 1. The van der Waals surface area contributed by atoms with Crippen LogP contribution in [-0.2, 0) is 4.79 Å². The molecule has 2 aliphatic rings. The number of anilines is 1. The Kier molecular flexibility index (Phi) is 4.18. The molecule has 0 aliphatic heterocycles. The fourth-order valence-corrected chi connectivity index (χ4v) is 3.08. The van der Waals surface area contributed by atoms with Crippen molar-refractivity contribution in [2.75, 3.05) is 5.32 Å². The molecule has 3 rings (SSSR count). The van der Waals surface area contributed by atoms with Crippen LogP contribution in [0, 0.1) is 11.8 Å². The van der Waals surface area contributed by atoms with Crippen LogP contribution in [0.15, 0.2) is 52.0 Å². The number of carbonyl (C=O) groups excluding carboxylic acids is 2. The summed E-state index contributed by atoms with van der Waals surface area (Å²) in [6, 6.07) is 7.92. The lowest BCUT2D eigenvalue weighted by Gasteiger charge is -2.26. The fraction of sp³-hybridized carbons (Fsp3) is 0.375. The molecule has 6 nitrogen and oxygen atoms in total. The van der Waals surface area contributed by atoms with Crippen molar-refractivity contribution >= 4 is 17.5 Å². The van der Waals surface area contributed by atoms with E-state index in [1.165, 1.54) is 0 Å². The minimum absolute atomic E-state index is 0.109. The molecule has 2 N–H and O–H groups in total. The number of nitrogens with zero attached hydrogens (tertiary/aromatic N) is 2. The summed E-state index contributed by atoms with van der Waals surface area (Å²) in [5.74, 6) is -1.61. The lowest BCUT2D eigenvalue weighted by atomic mass is 9.79. The third-order valence-corrected chi connectivity index (χ3v) is 4.22. The van der Waals surface area contributed by atoms with Crippen LogP contribution in [0.5, 0.6) is 0 Å². The van der Waals surface area contributed by atoms with E-state index in [9.17, 15) is 19.1 Å². The number of aliphatic hydroxyl groups is 1. The van der Waals surface area contributed by atoms with Gasteiger partial charge in [0.2, 0.25) is 0 Å². The number of azo groups is 1. The first-order valence-corrected chi connectivity index (χ1v) is 7.45. The van der Waals surface area contributed by atoms with Crippen molar-refractivity contribution < 1.29 is 19.1 Å². The van der Waals surface area contributed by atoms with Crippen molar-refractivity contribution in [2.45, 2.75) is 25.4 Å². The van der Waals surface area contributed by atoms with Crippen LogP contribution in [0.1, 0.15) is 19.3 Å². The maximum atomic E-state index is 13.4. The van der Waals surface area contributed by atoms with Crippen molar-refractivity contribution in [3.8, 4) is 0 Å². The van der Waals surface area contributed by atoms with Gasteiger partial charge in [-0.15, -0.1) is 5.11 Å². The predicted octanol–water partition coefficient (Wildman–Crippen LogP) is 3.78. The number of urea groups is 1. The minimum atomic E-state index is -1.02. The monoisotopic (exact) mass is 317 g/mol. The van der Waals surface area contributed by atoms with E-state index in [1.54, 1.807) is 30.3 Å². The van der Waals surface area contributed by atoms with Gasteiger partial charge < -0.3 is 10.4 Å². The van der Waals surface area contributed by atoms with Crippen LogP contribution in [0.4, 0.5) is 14.9 Å². The number of carbonyl (C=O) groups is 2. The number of rotatable bonds is 2. The number of halogens is 1.